The second kappa shape index (κ2) is 7.25. The lowest BCUT2D eigenvalue weighted by molar-refractivity contribution is -0.118. The molecule has 0 atom stereocenters. The SMILES string of the molecule is O=C(COc1ccccc1CO)Nc1ccc(I)cc1. The van der Waals surface area contributed by atoms with Gasteiger partial charge in [-0.25, -0.2) is 0 Å². The lowest BCUT2D eigenvalue weighted by Crippen LogP contribution is -2.20. The van der Waals surface area contributed by atoms with Crippen molar-refractivity contribution < 1.29 is 14.6 Å². The molecule has 0 aliphatic carbocycles. The van der Waals surface area contributed by atoms with Crippen LogP contribution in [0.25, 0.3) is 0 Å². The number of hydrogen-bond acceptors (Lipinski definition) is 3. The summed E-state index contributed by atoms with van der Waals surface area (Å²) in [7, 11) is 0. The fourth-order valence-electron chi connectivity index (χ4n) is 1.65. The van der Waals surface area contributed by atoms with Crippen molar-refractivity contribution in [2.45, 2.75) is 6.61 Å². The Labute approximate surface area is 130 Å². The molecule has 2 aromatic rings. The van der Waals surface area contributed by atoms with Crippen LogP contribution < -0.4 is 10.1 Å². The molecule has 0 unspecified atom stereocenters. The number of para-hydroxylation sites is 1. The maximum atomic E-state index is 11.8. The molecule has 104 valence electrons. The van der Waals surface area contributed by atoms with Crippen LogP contribution in [-0.2, 0) is 11.4 Å². The number of aliphatic hydroxyl groups excluding tert-OH is 1. The Morgan fingerprint density at radius 2 is 1.85 bits per heavy atom. The second-order valence-corrected chi connectivity index (χ2v) is 5.36. The van der Waals surface area contributed by atoms with Crippen LogP contribution in [0.4, 0.5) is 5.69 Å². The second-order valence-electron chi connectivity index (χ2n) is 4.11. The Hall–Kier alpha value is -1.60. The van der Waals surface area contributed by atoms with Gasteiger partial charge in [-0.15, -0.1) is 0 Å². The number of aliphatic hydroxyl groups is 1. The van der Waals surface area contributed by atoms with Gasteiger partial charge in [0, 0.05) is 14.8 Å². The quantitative estimate of drug-likeness (QED) is 0.781. The molecule has 2 aromatic carbocycles. The van der Waals surface area contributed by atoms with Crippen molar-refractivity contribution in [3.63, 3.8) is 0 Å². The third kappa shape index (κ3) is 4.21. The van der Waals surface area contributed by atoms with Crippen molar-refractivity contribution in [1.82, 2.24) is 0 Å². The molecule has 0 saturated carbocycles. The molecule has 1 amide bonds. The van der Waals surface area contributed by atoms with Gasteiger partial charge >= 0.3 is 0 Å². The minimum absolute atomic E-state index is 0.0942. The van der Waals surface area contributed by atoms with Crippen molar-refractivity contribution in [3.8, 4) is 5.75 Å². The maximum Gasteiger partial charge on any atom is 0.262 e. The molecule has 0 fully saturated rings. The molecule has 0 aliphatic heterocycles. The zero-order valence-corrected chi connectivity index (χ0v) is 12.8. The zero-order valence-electron chi connectivity index (χ0n) is 10.7. The van der Waals surface area contributed by atoms with Gasteiger partial charge in [-0.05, 0) is 52.9 Å². The average Bonchev–Trinajstić information content (AvgIpc) is 2.48. The highest BCUT2D eigenvalue weighted by atomic mass is 127. The first-order chi connectivity index (χ1) is 9.69. The summed E-state index contributed by atoms with van der Waals surface area (Å²) in [6.07, 6.45) is 0. The molecular weight excluding hydrogens is 369 g/mol. The average molecular weight is 383 g/mol. The fourth-order valence-corrected chi connectivity index (χ4v) is 2.01. The molecule has 0 spiro atoms. The summed E-state index contributed by atoms with van der Waals surface area (Å²) in [5.41, 5.74) is 1.39. The number of benzene rings is 2. The van der Waals surface area contributed by atoms with E-state index in [9.17, 15) is 4.79 Å². The smallest absolute Gasteiger partial charge is 0.262 e. The van der Waals surface area contributed by atoms with Crippen molar-refractivity contribution in [2.24, 2.45) is 0 Å². The Balaban J connectivity index is 1.90. The number of carbonyl (C=O) groups excluding carboxylic acids is 1. The van der Waals surface area contributed by atoms with Crippen LogP contribution >= 0.6 is 22.6 Å². The number of rotatable bonds is 5. The maximum absolute atomic E-state index is 11.8. The highest BCUT2D eigenvalue weighted by molar-refractivity contribution is 14.1. The van der Waals surface area contributed by atoms with E-state index in [-0.39, 0.29) is 19.1 Å². The van der Waals surface area contributed by atoms with Gasteiger partial charge in [0.1, 0.15) is 5.75 Å². The standard InChI is InChI=1S/C15H14INO3/c16-12-5-7-13(8-6-12)17-15(19)10-20-14-4-2-1-3-11(14)9-18/h1-8,18H,9-10H2,(H,17,19). The van der Waals surface area contributed by atoms with Gasteiger partial charge in [0.05, 0.1) is 6.61 Å². The normalized spacial score (nSPS) is 10.1. The summed E-state index contributed by atoms with van der Waals surface area (Å²) in [6, 6.07) is 14.6. The molecule has 0 bridgehead atoms. The number of carbonyl (C=O) groups is 1. The van der Waals surface area contributed by atoms with Crippen LogP contribution in [0.2, 0.25) is 0 Å². The number of ether oxygens (including phenoxy) is 1. The van der Waals surface area contributed by atoms with Crippen molar-refractivity contribution in [2.75, 3.05) is 11.9 Å². The summed E-state index contributed by atoms with van der Waals surface area (Å²) in [5, 5.41) is 11.9. The highest BCUT2D eigenvalue weighted by Gasteiger charge is 2.06. The van der Waals surface area contributed by atoms with E-state index in [4.69, 9.17) is 9.84 Å². The van der Waals surface area contributed by atoms with Crippen LogP contribution in [0.15, 0.2) is 48.5 Å². The van der Waals surface area contributed by atoms with Crippen molar-refractivity contribution >= 4 is 34.2 Å². The number of nitrogens with one attached hydrogen (secondary N) is 1. The molecule has 2 N–H and O–H groups in total. The minimum atomic E-state index is -0.237. The van der Waals surface area contributed by atoms with Gasteiger partial charge in [0.25, 0.3) is 5.91 Å². The summed E-state index contributed by atoms with van der Waals surface area (Å²) >= 11 is 2.20. The van der Waals surface area contributed by atoms with Crippen molar-refractivity contribution in [1.29, 1.82) is 0 Å². The predicted molar refractivity (Wildman–Crippen MR) is 85.6 cm³/mol. The lowest BCUT2D eigenvalue weighted by Gasteiger charge is -2.10. The molecule has 0 aromatic heterocycles. The predicted octanol–water partition coefficient (Wildman–Crippen LogP) is 2.80. The topological polar surface area (TPSA) is 58.6 Å². The van der Waals surface area contributed by atoms with Crippen LogP contribution in [0.3, 0.4) is 0 Å². The molecule has 0 aliphatic rings. The first-order valence-corrected chi connectivity index (χ1v) is 7.14. The minimum Gasteiger partial charge on any atom is -0.483 e. The van der Waals surface area contributed by atoms with Crippen LogP contribution in [-0.4, -0.2) is 17.6 Å². The van der Waals surface area contributed by atoms with E-state index in [1.54, 1.807) is 18.2 Å². The molecule has 0 heterocycles. The van der Waals surface area contributed by atoms with Crippen LogP contribution in [0, 0.1) is 3.57 Å². The monoisotopic (exact) mass is 383 g/mol. The Morgan fingerprint density at radius 3 is 2.55 bits per heavy atom. The van der Waals surface area contributed by atoms with E-state index in [0.717, 1.165) is 9.26 Å². The van der Waals surface area contributed by atoms with E-state index in [1.807, 2.05) is 30.3 Å². The van der Waals surface area contributed by atoms with E-state index in [2.05, 4.69) is 27.9 Å². The van der Waals surface area contributed by atoms with E-state index >= 15 is 0 Å². The molecule has 4 nitrogen and oxygen atoms in total. The Kier molecular flexibility index (Phi) is 5.37. The summed E-state index contributed by atoms with van der Waals surface area (Å²) in [4.78, 5) is 11.8. The Bertz CT molecular complexity index is 584. The van der Waals surface area contributed by atoms with Crippen molar-refractivity contribution in [3.05, 3.63) is 57.7 Å². The first kappa shape index (κ1) is 14.8. The molecular formula is C15H14INO3. The highest BCUT2D eigenvalue weighted by Crippen LogP contribution is 2.17. The van der Waals surface area contributed by atoms with Gasteiger partial charge in [0.15, 0.2) is 6.61 Å². The van der Waals surface area contributed by atoms with Gasteiger partial charge < -0.3 is 15.2 Å². The number of amides is 1. The zero-order chi connectivity index (χ0) is 14.4. The third-order valence-corrected chi connectivity index (χ3v) is 3.35. The summed E-state index contributed by atoms with van der Waals surface area (Å²) in [5.74, 6) is 0.284. The lowest BCUT2D eigenvalue weighted by atomic mass is 10.2. The van der Waals surface area contributed by atoms with Crippen LogP contribution in [0.1, 0.15) is 5.56 Å². The molecule has 0 radical (unpaired) electrons. The van der Waals surface area contributed by atoms with E-state index < -0.39 is 0 Å². The largest absolute Gasteiger partial charge is 0.483 e. The first-order valence-electron chi connectivity index (χ1n) is 6.06. The van der Waals surface area contributed by atoms with E-state index in [0.29, 0.717) is 11.3 Å². The molecule has 5 heteroatoms. The fraction of sp³-hybridized carbons (Fsp3) is 0.133. The molecule has 0 saturated heterocycles. The van der Waals surface area contributed by atoms with Gasteiger partial charge in [0.2, 0.25) is 0 Å². The van der Waals surface area contributed by atoms with E-state index in [1.165, 1.54) is 0 Å². The van der Waals surface area contributed by atoms with Gasteiger partial charge in [-0.2, -0.15) is 0 Å². The summed E-state index contributed by atoms with van der Waals surface area (Å²) < 4.78 is 6.52. The summed E-state index contributed by atoms with van der Waals surface area (Å²) in [6.45, 7) is -0.210. The third-order valence-electron chi connectivity index (χ3n) is 2.63. The molecule has 20 heavy (non-hydrogen) atoms. The van der Waals surface area contributed by atoms with Crippen LogP contribution in [0.5, 0.6) is 5.75 Å². The number of hydrogen-bond donors (Lipinski definition) is 2. The number of anilines is 1. The van der Waals surface area contributed by atoms with Gasteiger partial charge in [-0.1, -0.05) is 18.2 Å². The Morgan fingerprint density at radius 1 is 1.15 bits per heavy atom. The molecule has 2 rings (SSSR count). The van der Waals surface area contributed by atoms with Gasteiger partial charge in [-0.3, -0.25) is 4.79 Å². The number of halogens is 1.